The number of hydrogen-bond donors (Lipinski definition) is 2. The number of aromatic nitrogens is 1. The Morgan fingerprint density at radius 3 is 2.68 bits per heavy atom. The Kier molecular flexibility index (Phi) is 7.40. The first kappa shape index (κ1) is 19.4. The zero-order valence-corrected chi connectivity index (χ0v) is 15.7. The molecule has 0 aliphatic heterocycles. The summed E-state index contributed by atoms with van der Waals surface area (Å²) in [6.45, 7) is 4.55. The molecule has 1 amide bonds. The van der Waals surface area contributed by atoms with Crippen LogP contribution in [-0.4, -0.2) is 23.3 Å². The van der Waals surface area contributed by atoms with Crippen molar-refractivity contribution in [3.8, 4) is 5.75 Å². The third kappa shape index (κ3) is 6.84. The molecule has 1 aromatic heterocycles. The molecule has 2 rings (SSSR count). The first-order chi connectivity index (χ1) is 11.9. The van der Waals surface area contributed by atoms with Crippen molar-refractivity contribution in [1.29, 1.82) is 0 Å². The number of rotatable bonds is 8. The number of pyridine rings is 1. The van der Waals surface area contributed by atoms with Crippen LogP contribution in [0.15, 0.2) is 41.3 Å². The summed E-state index contributed by atoms with van der Waals surface area (Å²) in [6, 6.07) is 8.45. The van der Waals surface area contributed by atoms with E-state index < -0.39 is 0 Å². The smallest absolute Gasteiger partial charge is 0.234 e. The summed E-state index contributed by atoms with van der Waals surface area (Å²) in [5.41, 5.74) is 1.31. The van der Waals surface area contributed by atoms with Gasteiger partial charge in [-0.3, -0.25) is 9.59 Å². The summed E-state index contributed by atoms with van der Waals surface area (Å²) in [7, 11) is 0. The van der Waals surface area contributed by atoms with E-state index in [1.165, 1.54) is 17.8 Å². The highest BCUT2D eigenvalue weighted by Crippen LogP contribution is 2.15. The van der Waals surface area contributed by atoms with E-state index in [2.05, 4.69) is 10.3 Å². The highest BCUT2D eigenvalue weighted by atomic mass is 35.5. The molecule has 0 aliphatic rings. The number of benzene rings is 1. The molecule has 0 saturated carbocycles. The molecule has 0 unspecified atom stereocenters. The van der Waals surface area contributed by atoms with E-state index >= 15 is 0 Å². The fourth-order valence-corrected chi connectivity index (χ4v) is 2.81. The molecule has 25 heavy (non-hydrogen) atoms. The molecular weight excluding hydrogens is 360 g/mol. The van der Waals surface area contributed by atoms with Gasteiger partial charge in [0.25, 0.3) is 0 Å². The molecule has 0 radical (unpaired) electrons. The molecule has 2 aromatic rings. The average Bonchev–Trinajstić information content (AvgIpc) is 2.56. The Balaban J connectivity index is 1.79. The topological polar surface area (TPSA) is 71.2 Å². The zero-order chi connectivity index (χ0) is 18.2. The zero-order valence-electron chi connectivity index (χ0n) is 14.2. The SMILES string of the molecule is CC(C)COc1c[nH]c(CSCC(=O)Nc2ccc(Cl)cc2)cc1=O. The van der Waals surface area contributed by atoms with Crippen LogP contribution in [-0.2, 0) is 10.5 Å². The van der Waals surface area contributed by atoms with Crippen LogP contribution in [0.5, 0.6) is 5.75 Å². The van der Waals surface area contributed by atoms with Crippen LogP contribution in [0.2, 0.25) is 5.02 Å². The van der Waals surface area contributed by atoms with Crippen LogP contribution in [0.3, 0.4) is 0 Å². The number of ether oxygens (including phenoxy) is 1. The van der Waals surface area contributed by atoms with E-state index in [0.29, 0.717) is 34.7 Å². The predicted octanol–water partition coefficient (Wildman–Crippen LogP) is 3.94. The largest absolute Gasteiger partial charge is 0.488 e. The third-order valence-corrected chi connectivity index (χ3v) is 4.36. The number of aromatic amines is 1. The van der Waals surface area contributed by atoms with Gasteiger partial charge in [-0.15, -0.1) is 11.8 Å². The number of H-pyrrole nitrogens is 1. The maximum absolute atomic E-state index is 12.0. The van der Waals surface area contributed by atoms with Crippen LogP contribution in [0.25, 0.3) is 0 Å². The highest BCUT2D eigenvalue weighted by Gasteiger charge is 2.06. The molecule has 7 heteroatoms. The van der Waals surface area contributed by atoms with Gasteiger partial charge in [0.15, 0.2) is 5.75 Å². The van der Waals surface area contributed by atoms with E-state index in [9.17, 15) is 9.59 Å². The van der Waals surface area contributed by atoms with Crippen LogP contribution in [0.1, 0.15) is 19.5 Å². The number of carbonyl (C=O) groups is 1. The summed E-state index contributed by atoms with van der Waals surface area (Å²) in [6.07, 6.45) is 1.58. The Bertz CT molecular complexity index is 760. The minimum Gasteiger partial charge on any atom is -0.488 e. The van der Waals surface area contributed by atoms with Gasteiger partial charge in [0.1, 0.15) is 0 Å². The normalized spacial score (nSPS) is 10.7. The van der Waals surface area contributed by atoms with Crippen molar-refractivity contribution in [2.75, 3.05) is 17.7 Å². The molecule has 0 spiro atoms. The van der Waals surface area contributed by atoms with Gasteiger partial charge in [-0.2, -0.15) is 0 Å². The van der Waals surface area contributed by atoms with Crippen molar-refractivity contribution in [1.82, 2.24) is 4.98 Å². The lowest BCUT2D eigenvalue weighted by Gasteiger charge is -2.09. The second-order valence-corrected chi connectivity index (χ2v) is 7.36. The molecule has 0 bridgehead atoms. The second kappa shape index (κ2) is 9.53. The molecule has 0 atom stereocenters. The van der Waals surface area contributed by atoms with Crippen molar-refractivity contribution in [2.24, 2.45) is 5.92 Å². The maximum Gasteiger partial charge on any atom is 0.234 e. The first-order valence-electron chi connectivity index (χ1n) is 7.91. The van der Waals surface area contributed by atoms with Crippen molar-refractivity contribution < 1.29 is 9.53 Å². The summed E-state index contributed by atoms with van der Waals surface area (Å²) >= 11 is 7.22. The lowest BCUT2D eigenvalue weighted by atomic mass is 10.2. The van der Waals surface area contributed by atoms with Crippen LogP contribution < -0.4 is 15.5 Å². The van der Waals surface area contributed by atoms with Crippen molar-refractivity contribution >= 4 is 35.0 Å². The van der Waals surface area contributed by atoms with E-state index in [1.54, 1.807) is 30.5 Å². The summed E-state index contributed by atoms with van der Waals surface area (Å²) in [5, 5.41) is 3.42. The Hall–Kier alpha value is -1.92. The number of anilines is 1. The number of hydrogen-bond acceptors (Lipinski definition) is 4. The van der Waals surface area contributed by atoms with Crippen molar-refractivity contribution in [3.05, 3.63) is 57.5 Å². The number of thioether (sulfide) groups is 1. The van der Waals surface area contributed by atoms with E-state index in [0.717, 1.165) is 5.69 Å². The lowest BCUT2D eigenvalue weighted by Crippen LogP contribution is -2.15. The third-order valence-electron chi connectivity index (χ3n) is 3.13. The van der Waals surface area contributed by atoms with Gasteiger partial charge >= 0.3 is 0 Å². The molecule has 0 saturated heterocycles. The first-order valence-corrected chi connectivity index (χ1v) is 9.45. The van der Waals surface area contributed by atoms with E-state index in [1.807, 2.05) is 13.8 Å². The Morgan fingerprint density at radius 2 is 2.04 bits per heavy atom. The average molecular weight is 381 g/mol. The monoisotopic (exact) mass is 380 g/mol. The molecule has 1 heterocycles. The summed E-state index contributed by atoms with van der Waals surface area (Å²) < 4.78 is 5.45. The van der Waals surface area contributed by atoms with Gasteiger partial charge in [-0.05, 0) is 30.2 Å². The van der Waals surface area contributed by atoms with Gasteiger partial charge in [0.2, 0.25) is 11.3 Å². The molecule has 0 fully saturated rings. The minimum absolute atomic E-state index is 0.105. The quantitative estimate of drug-likeness (QED) is 0.727. The lowest BCUT2D eigenvalue weighted by molar-refractivity contribution is -0.113. The molecule has 5 nitrogen and oxygen atoms in total. The number of halogens is 1. The molecule has 2 N–H and O–H groups in total. The second-order valence-electron chi connectivity index (χ2n) is 5.94. The molecule has 134 valence electrons. The standard InChI is InChI=1S/C18H21ClN2O3S/c1-12(2)9-24-17-8-20-15(7-16(17)22)10-25-11-18(23)21-14-5-3-13(19)4-6-14/h3-8,12H,9-11H2,1-2H3,(H,20,22)(H,21,23). The minimum atomic E-state index is -0.152. The predicted molar refractivity (Wildman–Crippen MR) is 104 cm³/mol. The summed E-state index contributed by atoms with van der Waals surface area (Å²) in [4.78, 5) is 26.9. The number of carbonyl (C=O) groups excluding carboxylic acids is 1. The van der Waals surface area contributed by atoms with Gasteiger partial charge in [0.05, 0.1) is 12.4 Å². The molecule has 1 aromatic carbocycles. The fourth-order valence-electron chi connectivity index (χ4n) is 1.94. The maximum atomic E-state index is 12.0. The Morgan fingerprint density at radius 1 is 1.32 bits per heavy atom. The van der Waals surface area contributed by atoms with Gasteiger partial charge < -0.3 is 15.0 Å². The Labute approximate surface area is 156 Å². The molecular formula is C18H21ClN2O3S. The highest BCUT2D eigenvalue weighted by molar-refractivity contribution is 7.99. The van der Waals surface area contributed by atoms with Gasteiger partial charge in [-0.25, -0.2) is 0 Å². The van der Waals surface area contributed by atoms with Crippen LogP contribution >= 0.6 is 23.4 Å². The van der Waals surface area contributed by atoms with Crippen molar-refractivity contribution in [3.63, 3.8) is 0 Å². The van der Waals surface area contributed by atoms with Crippen LogP contribution in [0.4, 0.5) is 5.69 Å². The van der Waals surface area contributed by atoms with Crippen LogP contribution in [0, 0.1) is 5.92 Å². The summed E-state index contributed by atoms with van der Waals surface area (Å²) in [5.74, 6) is 1.40. The van der Waals surface area contributed by atoms with Crippen molar-refractivity contribution in [2.45, 2.75) is 19.6 Å². The number of amides is 1. The fraction of sp³-hybridized carbons (Fsp3) is 0.333. The van der Waals surface area contributed by atoms with Gasteiger partial charge in [-0.1, -0.05) is 25.4 Å². The van der Waals surface area contributed by atoms with E-state index in [-0.39, 0.29) is 17.1 Å². The molecule has 0 aliphatic carbocycles. The van der Waals surface area contributed by atoms with Gasteiger partial charge in [0, 0.05) is 34.4 Å². The number of nitrogens with one attached hydrogen (secondary N) is 2. The van der Waals surface area contributed by atoms with E-state index in [4.69, 9.17) is 16.3 Å².